The fourth-order valence-electron chi connectivity index (χ4n) is 2.86. The Kier molecular flexibility index (Phi) is 4.71. The van der Waals surface area contributed by atoms with Gasteiger partial charge in [0.25, 0.3) is 5.91 Å². The summed E-state index contributed by atoms with van der Waals surface area (Å²) in [5.41, 5.74) is 1.43. The predicted molar refractivity (Wildman–Crippen MR) is 90.6 cm³/mol. The molecule has 0 saturated carbocycles. The van der Waals surface area contributed by atoms with Crippen molar-refractivity contribution in [3.63, 3.8) is 0 Å². The Bertz CT molecular complexity index is 761. The molecule has 1 saturated heterocycles. The quantitative estimate of drug-likeness (QED) is 0.935. The topological polar surface area (TPSA) is 81.9 Å². The summed E-state index contributed by atoms with van der Waals surface area (Å²) in [7, 11) is 0. The first kappa shape index (κ1) is 15.9. The number of carbonyl (C=O) groups excluding carboxylic acids is 1. The third-order valence-electron chi connectivity index (χ3n) is 4.24. The molecule has 0 radical (unpaired) electrons. The molecule has 3 heterocycles. The van der Waals surface area contributed by atoms with Gasteiger partial charge in [-0.15, -0.1) is 0 Å². The normalized spacial score (nSPS) is 14.9. The molecule has 1 aliphatic heterocycles. The third-order valence-corrected chi connectivity index (χ3v) is 4.24. The van der Waals surface area contributed by atoms with E-state index in [1.165, 1.54) is 0 Å². The number of pyridine rings is 2. The third kappa shape index (κ3) is 3.51. The summed E-state index contributed by atoms with van der Waals surface area (Å²) < 4.78 is 0. The molecular formula is C18H19N5O. The maximum absolute atomic E-state index is 12.3. The molecule has 6 nitrogen and oxygen atoms in total. The summed E-state index contributed by atoms with van der Waals surface area (Å²) >= 11 is 0. The summed E-state index contributed by atoms with van der Waals surface area (Å²) in [5, 5.41) is 12.0. The highest BCUT2D eigenvalue weighted by atomic mass is 16.1. The molecule has 1 amide bonds. The SMILES string of the molecule is Cc1nc(C(=O)NC2CCN(c3ccccn3)CC2)ccc1C#N. The number of carbonyl (C=O) groups is 1. The zero-order valence-electron chi connectivity index (χ0n) is 13.6. The molecule has 2 aromatic heterocycles. The number of nitrogens with zero attached hydrogens (tertiary/aromatic N) is 4. The molecule has 0 aliphatic carbocycles. The van der Waals surface area contributed by atoms with Crippen molar-refractivity contribution in [3.8, 4) is 6.07 Å². The zero-order chi connectivity index (χ0) is 16.9. The van der Waals surface area contributed by atoms with Gasteiger partial charge in [-0.2, -0.15) is 5.26 Å². The Morgan fingerprint density at radius 3 is 2.71 bits per heavy atom. The van der Waals surface area contributed by atoms with Crippen molar-refractivity contribution < 1.29 is 4.79 Å². The molecule has 0 atom stereocenters. The van der Waals surface area contributed by atoms with E-state index >= 15 is 0 Å². The molecule has 122 valence electrons. The largest absolute Gasteiger partial charge is 0.356 e. The standard InChI is InChI=1S/C18H19N5O/c1-13-14(12-19)5-6-16(21-13)18(24)22-15-7-10-23(11-8-15)17-4-2-3-9-20-17/h2-6,9,15H,7-8,10-11H2,1H3,(H,22,24). The van der Waals surface area contributed by atoms with E-state index in [0.717, 1.165) is 31.7 Å². The molecule has 6 heteroatoms. The van der Waals surface area contributed by atoms with Gasteiger partial charge in [-0.25, -0.2) is 9.97 Å². The van der Waals surface area contributed by atoms with Crippen LogP contribution in [0.2, 0.25) is 0 Å². The second-order valence-electron chi connectivity index (χ2n) is 5.86. The Balaban J connectivity index is 1.57. The molecule has 1 fully saturated rings. The first-order valence-electron chi connectivity index (χ1n) is 8.02. The van der Waals surface area contributed by atoms with E-state index < -0.39 is 0 Å². The van der Waals surface area contributed by atoms with Gasteiger partial charge in [-0.1, -0.05) is 6.07 Å². The molecule has 3 rings (SSSR count). The van der Waals surface area contributed by atoms with Crippen LogP contribution in [0.4, 0.5) is 5.82 Å². The van der Waals surface area contributed by atoms with Crippen LogP contribution in [0.3, 0.4) is 0 Å². The highest BCUT2D eigenvalue weighted by Gasteiger charge is 2.22. The van der Waals surface area contributed by atoms with Crippen LogP contribution in [0.15, 0.2) is 36.5 Å². The number of rotatable bonds is 3. The van der Waals surface area contributed by atoms with Crippen LogP contribution in [-0.2, 0) is 0 Å². The maximum atomic E-state index is 12.3. The van der Waals surface area contributed by atoms with Crippen LogP contribution in [0.5, 0.6) is 0 Å². The summed E-state index contributed by atoms with van der Waals surface area (Å²) in [4.78, 5) is 23.1. The van der Waals surface area contributed by atoms with E-state index in [1.54, 1.807) is 25.3 Å². The molecular weight excluding hydrogens is 302 g/mol. The van der Waals surface area contributed by atoms with Gasteiger partial charge in [-0.3, -0.25) is 4.79 Å². The number of nitrogens with one attached hydrogen (secondary N) is 1. The number of hydrogen-bond acceptors (Lipinski definition) is 5. The number of piperidine rings is 1. The second-order valence-corrected chi connectivity index (χ2v) is 5.86. The number of aryl methyl sites for hydroxylation is 1. The van der Waals surface area contributed by atoms with Crippen LogP contribution < -0.4 is 10.2 Å². The summed E-state index contributed by atoms with van der Waals surface area (Å²) in [6.07, 6.45) is 3.54. The average molecular weight is 321 g/mol. The van der Waals surface area contributed by atoms with E-state index in [0.29, 0.717) is 17.0 Å². The molecule has 0 unspecified atom stereocenters. The fraction of sp³-hybridized carbons (Fsp3) is 0.333. The van der Waals surface area contributed by atoms with Crippen molar-refractivity contribution in [1.29, 1.82) is 5.26 Å². The highest BCUT2D eigenvalue weighted by Crippen LogP contribution is 2.17. The lowest BCUT2D eigenvalue weighted by atomic mass is 10.0. The number of anilines is 1. The minimum absolute atomic E-state index is 0.134. The Morgan fingerprint density at radius 2 is 2.08 bits per heavy atom. The van der Waals surface area contributed by atoms with Crippen molar-refractivity contribution >= 4 is 11.7 Å². The van der Waals surface area contributed by atoms with Crippen LogP contribution in [0.1, 0.15) is 34.6 Å². The molecule has 2 aromatic rings. The van der Waals surface area contributed by atoms with Crippen molar-refractivity contribution in [2.75, 3.05) is 18.0 Å². The predicted octanol–water partition coefficient (Wildman–Crippen LogP) is 2.06. The van der Waals surface area contributed by atoms with E-state index in [9.17, 15) is 4.79 Å². The van der Waals surface area contributed by atoms with Crippen LogP contribution in [-0.4, -0.2) is 35.0 Å². The van der Waals surface area contributed by atoms with Gasteiger partial charge >= 0.3 is 0 Å². The lowest BCUT2D eigenvalue weighted by Crippen LogP contribution is -2.45. The Labute approximate surface area is 141 Å². The molecule has 0 spiro atoms. The minimum atomic E-state index is -0.182. The van der Waals surface area contributed by atoms with Crippen molar-refractivity contribution in [2.45, 2.75) is 25.8 Å². The number of amides is 1. The minimum Gasteiger partial charge on any atom is -0.356 e. The van der Waals surface area contributed by atoms with E-state index in [-0.39, 0.29) is 11.9 Å². The molecule has 0 bridgehead atoms. The van der Waals surface area contributed by atoms with Gasteiger partial charge in [0.05, 0.1) is 11.3 Å². The zero-order valence-corrected chi connectivity index (χ0v) is 13.6. The Morgan fingerprint density at radius 1 is 1.29 bits per heavy atom. The molecule has 1 N–H and O–H groups in total. The first-order valence-corrected chi connectivity index (χ1v) is 8.02. The fourth-order valence-corrected chi connectivity index (χ4v) is 2.86. The van der Waals surface area contributed by atoms with E-state index in [4.69, 9.17) is 5.26 Å². The Hall–Kier alpha value is -2.94. The number of hydrogen-bond donors (Lipinski definition) is 1. The van der Waals surface area contributed by atoms with Crippen LogP contribution >= 0.6 is 0 Å². The van der Waals surface area contributed by atoms with Gasteiger partial charge in [0.15, 0.2) is 0 Å². The summed E-state index contributed by atoms with van der Waals surface area (Å²) in [6, 6.07) is 11.3. The van der Waals surface area contributed by atoms with Gasteiger partial charge in [-0.05, 0) is 44.0 Å². The summed E-state index contributed by atoms with van der Waals surface area (Å²) in [6.45, 7) is 3.46. The van der Waals surface area contributed by atoms with Gasteiger partial charge < -0.3 is 10.2 Å². The average Bonchev–Trinajstić information content (AvgIpc) is 2.63. The van der Waals surface area contributed by atoms with E-state index in [1.807, 2.05) is 18.2 Å². The van der Waals surface area contributed by atoms with Crippen LogP contribution in [0.25, 0.3) is 0 Å². The van der Waals surface area contributed by atoms with Gasteiger partial charge in [0.1, 0.15) is 17.6 Å². The summed E-state index contributed by atoms with van der Waals surface area (Å²) in [5.74, 6) is 0.797. The van der Waals surface area contributed by atoms with Crippen LogP contribution in [0, 0.1) is 18.3 Å². The maximum Gasteiger partial charge on any atom is 0.270 e. The first-order chi connectivity index (χ1) is 11.7. The lowest BCUT2D eigenvalue weighted by Gasteiger charge is -2.33. The van der Waals surface area contributed by atoms with Gasteiger partial charge in [0.2, 0.25) is 0 Å². The van der Waals surface area contributed by atoms with Crippen molar-refractivity contribution in [3.05, 3.63) is 53.5 Å². The highest BCUT2D eigenvalue weighted by molar-refractivity contribution is 5.92. The molecule has 0 aromatic carbocycles. The number of aromatic nitrogens is 2. The molecule has 1 aliphatic rings. The second kappa shape index (κ2) is 7.09. The lowest BCUT2D eigenvalue weighted by molar-refractivity contribution is 0.0926. The van der Waals surface area contributed by atoms with Crippen molar-refractivity contribution in [2.24, 2.45) is 0 Å². The smallest absolute Gasteiger partial charge is 0.270 e. The van der Waals surface area contributed by atoms with Crippen molar-refractivity contribution in [1.82, 2.24) is 15.3 Å². The number of nitriles is 1. The van der Waals surface area contributed by atoms with Gasteiger partial charge in [0, 0.05) is 25.3 Å². The van der Waals surface area contributed by atoms with E-state index in [2.05, 4.69) is 26.3 Å². The monoisotopic (exact) mass is 321 g/mol. The molecule has 24 heavy (non-hydrogen) atoms.